The molecule has 2 fully saturated rings. The Labute approximate surface area is 136 Å². The number of fused-ring (bicyclic) bond motifs is 2. The van der Waals surface area contributed by atoms with Crippen LogP contribution in [0.5, 0.6) is 0 Å². The Kier molecular flexibility index (Phi) is 3.63. The van der Waals surface area contributed by atoms with Gasteiger partial charge in [0.2, 0.25) is 5.91 Å². The van der Waals surface area contributed by atoms with Crippen LogP contribution in [0.1, 0.15) is 32.6 Å². The zero-order valence-electron chi connectivity index (χ0n) is 13.4. The lowest BCUT2D eigenvalue weighted by molar-refractivity contribution is -0.121. The van der Waals surface area contributed by atoms with Crippen LogP contribution in [0.15, 0.2) is 30.6 Å². The van der Waals surface area contributed by atoms with E-state index < -0.39 is 0 Å². The van der Waals surface area contributed by atoms with E-state index >= 15 is 0 Å². The second-order valence-corrected chi connectivity index (χ2v) is 6.79. The minimum atomic E-state index is 0.186. The van der Waals surface area contributed by atoms with Crippen LogP contribution in [0.2, 0.25) is 0 Å². The molecule has 0 aliphatic heterocycles. The summed E-state index contributed by atoms with van der Waals surface area (Å²) in [6.45, 7) is 2.89. The second kappa shape index (κ2) is 5.80. The quantitative estimate of drug-likeness (QED) is 0.942. The molecule has 2 aliphatic carbocycles. The van der Waals surface area contributed by atoms with Crippen molar-refractivity contribution in [2.45, 2.75) is 39.2 Å². The highest BCUT2D eigenvalue weighted by molar-refractivity contribution is 5.93. The van der Waals surface area contributed by atoms with Gasteiger partial charge in [0, 0.05) is 23.7 Å². The fraction of sp³-hybridized carbons (Fsp3) is 0.500. The third-order valence-electron chi connectivity index (χ3n) is 5.42. The van der Waals surface area contributed by atoms with Gasteiger partial charge < -0.3 is 9.88 Å². The summed E-state index contributed by atoms with van der Waals surface area (Å²) < 4.78 is 2.00. The molecule has 2 saturated carbocycles. The molecular weight excluding hydrogens is 288 g/mol. The van der Waals surface area contributed by atoms with Gasteiger partial charge in [-0.15, -0.1) is 10.2 Å². The Morgan fingerprint density at radius 1 is 1.35 bits per heavy atom. The van der Waals surface area contributed by atoms with E-state index in [1.54, 1.807) is 6.33 Å². The molecule has 120 valence electrons. The molecule has 3 unspecified atom stereocenters. The Balaban J connectivity index is 1.51. The predicted molar refractivity (Wildman–Crippen MR) is 88.7 cm³/mol. The molecule has 23 heavy (non-hydrogen) atoms. The number of amides is 1. The maximum absolute atomic E-state index is 12.6. The number of carbonyl (C=O) groups is 1. The molecule has 2 bridgehead atoms. The average Bonchev–Trinajstić information content (AvgIpc) is 3.30. The lowest BCUT2D eigenvalue weighted by atomic mass is 9.88. The van der Waals surface area contributed by atoms with Gasteiger partial charge in [0.15, 0.2) is 5.82 Å². The van der Waals surface area contributed by atoms with Crippen molar-refractivity contribution in [1.29, 1.82) is 0 Å². The Bertz CT molecular complexity index is 723. The van der Waals surface area contributed by atoms with Crippen LogP contribution in [0, 0.1) is 17.8 Å². The van der Waals surface area contributed by atoms with Gasteiger partial charge in [-0.1, -0.05) is 18.6 Å². The Morgan fingerprint density at radius 2 is 2.26 bits per heavy atom. The summed E-state index contributed by atoms with van der Waals surface area (Å²) in [5.41, 5.74) is 1.83. The third kappa shape index (κ3) is 2.64. The minimum Gasteiger partial charge on any atom is -0.326 e. The molecule has 3 atom stereocenters. The molecule has 0 spiro atoms. The third-order valence-corrected chi connectivity index (χ3v) is 5.42. The van der Waals surface area contributed by atoms with E-state index in [4.69, 9.17) is 0 Å². The standard InChI is InChI=1S/C18H22N4O/c1-2-22-11-19-21-17(22)14-4-3-5-15(10-14)20-18(23)16-9-12-6-7-13(16)8-12/h3-5,10-13,16H,2,6-9H2,1H3,(H,20,23). The summed E-state index contributed by atoms with van der Waals surface area (Å²) >= 11 is 0. The Hall–Kier alpha value is -2.17. The summed E-state index contributed by atoms with van der Waals surface area (Å²) in [4.78, 5) is 12.6. The van der Waals surface area contributed by atoms with Gasteiger partial charge >= 0.3 is 0 Å². The van der Waals surface area contributed by atoms with E-state index in [-0.39, 0.29) is 11.8 Å². The zero-order valence-corrected chi connectivity index (χ0v) is 13.4. The number of nitrogens with zero attached hydrogens (tertiary/aromatic N) is 3. The fourth-order valence-electron chi connectivity index (χ4n) is 4.25. The SMILES string of the molecule is CCn1cnnc1-c1cccc(NC(=O)C2CC3CCC2C3)c1. The number of aromatic nitrogens is 3. The lowest BCUT2D eigenvalue weighted by Crippen LogP contribution is -2.27. The van der Waals surface area contributed by atoms with Crippen LogP contribution in [0.25, 0.3) is 11.4 Å². The maximum atomic E-state index is 12.6. The highest BCUT2D eigenvalue weighted by atomic mass is 16.1. The minimum absolute atomic E-state index is 0.186. The van der Waals surface area contributed by atoms with Crippen molar-refractivity contribution < 1.29 is 4.79 Å². The van der Waals surface area contributed by atoms with E-state index in [2.05, 4.69) is 22.4 Å². The number of hydrogen-bond donors (Lipinski definition) is 1. The number of nitrogens with one attached hydrogen (secondary N) is 1. The highest BCUT2D eigenvalue weighted by Gasteiger charge is 2.42. The maximum Gasteiger partial charge on any atom is 0.227 e. The van der Waals surface area contributed by atoms with Gasteiger partial charge in [0.05, 0.1) is 0 Å². The summed E-state index contributed by atoms with van der Waals surface area (Å²) in [5.74, 6) is 2.61. The molecule has 0 saturated heterocycles. The van der Waals surface area contributed by atoms with E-state index in [1.807, 2.05) is 28.8 Å². The molecule has 1 N–H and O–H groups in total. The van der Waals surface area contributed by atoms with Gasteiger partial charge in [-0.3, -0.25) is 4.79 Å². The van der Waals surface area contributed by atoms with Crippen molar-refractivity contribution in [1.82, 2.24) is 14.8 Å². The van der Waals surface area contributed by atoms with Crippen LogP contribution in [-0.4, -0.2) is 20.7 Å². The second-order valence-electron chi connectivity index (χ2n) is 6.79. The fourth-order valence-corrected chi connectivity index (χ4v) is 4.25. The number of hydrogen-bond acceptors (Lipinski definition) is 3. The monoisotopic (exact) mass is 310 g/mol. The largest absolute Gasteiger partial charge is 0.326 e. The van der Waals surface area contributed by atoms with Crippen molar-refractivity contribution in [3.63, 3.8) is 0 Å². The normalized spacial score (nSPS) is 25.7. The molecule has 4 rings (SSSR count). The topological polar surface area (TPSA) is 59.8 Å². The summed E-state index contributed by atoms with van der Waals surface area (Å²) in [7, 11) is 0. The van der Waals surface area contributed by atoms with E-state index in [9.17, 15) is 4.79 Å². The first kappa shape index (κ1) is 14.4. The molecule has 2 aliphatic rings. The van der Waals surface area contributed by atoms with E-state index in [1.165, 1.54) is 19.3 Å². The average molecular weight is 310 g/mol. The van der Waals surface area contributed by atoms with Gasteiger partial charge in [-0.25, -0.2) is 0 Å². The van der Waals surface area contributed by atoms with Gasteiger partial charge in [0.1, 0.15) is 6.33 Å². The zero-order chi connectivity index (χ0) is 15.8. The lowest BCUT2D eigenvalue weighted by Gasteiger charge is -2.20. The van der Waals surface area contributed by atoms with Crippen molar-refractivity contribution in [2.75, 3.05) is 5.32 Å². The van der Waals surface area contributed by atoms with Crippen LogP contribution in [-0.2, 0) is 11.3 Å². The molecule has 5 nitrogen and oxygen atoms in total. The number of benzene rings is 1. The first-order valence-corrected chi connectivity index (χ1v) is 8.53. The molecule has 1 heterocycles. The molecule has 5 heteroatoms. The smallest absolute Gasteiger partial charge is 0.227 e. The molecule has 1 aromatic heterocycles. The number of aryl methyl sites for hydroxylation is 1. The molecule has 1 amide bonds. The summed E-state index contributed by atoms with van der Waals surface area (Å²) in [6, 6.07) is 7.90. The molecule has 1 aromatic carbocycles. The van der Waals surface area contributed by atoms with Crippen molar-refractivity contribution >= 4 is 11.6 Å². The van der Waals surface area contributed by atoms with Gasteiger partial charge in [-0.05, 0) is 50.2 Å². The van der Waals surface area contributed by atoms with Crippen LogP contribution >= 0.6 is 0 Å². The molecule has 0 radical (unpaired) electrons. The van der Waals surface area contributed by atoms with Gasteiger partial charge in [0.25, 0.3) is 0 Å². The van der Waals surface area contributed by atoms with E-state index in [0.717, 1.165) is 36.0 Å². The number of anilines is 1. The molecular formula is C18H22N4O. The number of rotatable bonds is 4. The first-order valence-electron chi connectivity index (χ1n) is 8.53. The number of carbonyl (C=O) groups excluding carboxylic acids is 1. The van der Waals surface area contributed by atoms with Crippen LogP contribution in [0.4, 0.5) is 5.69 Å². The van der Waals surface area contributed by atoms with Crippen LogP contribution < -0.4 is 5.32 Å². The van der Waals surface area contributed by atoms with Crippen LogP contribution in [0.3, 0.4) is 0 Å². The molecule has 2 aromatic rings. The highest BCUT2D eigenvalue weighted by Crippen LogP contribution is 2.48. The van der Waals surface area contributed by atoms with Crippen molar-refractivity contribution in [2.24, 2.45) is 17.8 Å². The summed E-state index contributed by atoms with van der Waals surface area (Å²) in [5, 5.41) is 11.3. The predicted octanol–water partition coefficient (Wildman–Crippen LogP) is 3.34. The van der Waals surface area contributed by atoms with Crippen molar-refractivity contribution in [3.05, 3.63) is 30.6 Å². The summed E-state index contributed by atoms with van der Waals surface area (Å²) in [6.07, 6.45) is 6.59. The Morgan fingerprint density at radius 3 is 3.00 bits per heavy atom. The van der Waals surface area contributed by atoms with Crippen molar-refractivity contribution in [3.8, 4) is 11.4 Å². The van der Waals surface area contributed by atoms with Gasteiger partial charge in [-0.2, -0.15) is 0 Å². The first-order chi connectivity index (χ1) is 11.2. The van der Waals surface area contributed by atoms with E-state index in [0.29, 0.717) is 5.92 Å².